The van der Waals surface area contributed by atoms with Crippen molar-refractivity contribution < 1.29 is 15.7 Å². The van der Waals surface area contributed by atoms with Gasteiger partial charge in [-0.25, -0.2) is 0 Å². The summed E-state index contributed by atoms with van der Waals surface area (Å²) in [6.45, 7) is 6.99. The Morgan fingerprint density at radius 3 is 1.33 bits per heavy atom. The van der Waals surface area contributed by atoms with Gasteiger partial charge < -0.3 is 0 Å². The van der Waals surface area contributed by atoms with E-state index in [1.807, 2.05) is 0 Å². The van der Waals surface area contributed by atoms with E-state index in [-0.39, 0.29) is 3.97 Å². The summed E-state index contributed by atoms with van der Waals surface area (Å²) < 4.78 is 0.0972. The first-order valence-corrected chi connectivity index (χ1v) is 10.8. The van der Waals surface area contributed by atoms with E-state index in [0.29, 0.717) is 0 Å². The molecule has 0 bridgehead atoms. The van der Waals surface area contributed by atoms with Gasteiger partial charge in [0, 0.05) is 0 Å². The molecule has 2 aliphatic rings. The van der Waals surface area contributed by atoms with Crippen LogP contribution < -0.4 is 0 Å². The van der Waals surface area contributed by atoms with E-state index in [1.165, 1.54) is 25.7 Å². The van der Waals surface area contributed by atoms with Crippen LogP contribution in [0, 0.1) is 0 Å². The van der Waals surface area contributed by atoms with Gasteiger partial charge in [-0.2, -0.15) is 0 Å². The standard InChI is InChI=1S/C8H13Si.C8H12.Co/c1-9(2,3)8-6-4-5-7-8;1-2-4-6-8-7-5-3-1;/h4-7H,1-3H3;1-2,7-8H,3-6H2;/b;2-1-,8-7-;. The molecule has 0 unspecified atom stereocenters. The molecule has 0 fully saturated rings. The van der Waals surface area contributed by atoms with Crippen molar-refractivity contribution in [1.29, 1.82) is 0 Å². The Balaban J connectivity index is 0.000000184. The molecule has 0 saturated heterocycles. The van der Waals surface area contributed by atoms with Crippen LogP contribution in [0.15, 0.2) is 48.6 Å². The normalized spacial score (nSPS) is 24.7. The summed E-state index contributed by atoms with van der Waals surface area (Å²) in [5.41, 5.74) is 0. The Labute approximate surface area is 122 Å². The van der Waals surface area contributed by atoms with Gasteiger partial charge in [-0.15, -0.1) is 0 Å². The fourth-order valence-electron chi connectivity index (χ4n) is 1.79. The Kier molecular flexibility index (Phi) is 6.40. The molecular formula is C16H25CoSi. The second-order valence-corrected chi connectivity index (χ2v) is 12.4. The quantitative estimate of drug-likeness (QED) is 0.451. The second kappa shape index (κ2) is 7.32. The summed E-state index contributed by atoms with van der Waals surface area (Å²) in [6, 6.07) is 0. The van der Waals surface area contributed by atoms with E-state index in [4.69, 9.17) is 15.7 Å². The van der Waals surface area contributed by atoms with Gasteiger partial charge >= 0.3 is 71.7 Å². The molecule has 0 amide bonds. The predicted octanol–water partition coefficient (Wildman–Crippen LogP) is 5.37. The minimum absolute atomic E-state index is 0.0972. The maximum atomic E-state index is 4.70. The third-order valence-electron chi connectivity index (χ3n) is 3.22. The van der Waals surface area contributed by atoms with E-state index in [0.717, 1.165) is 0 Å². The molecule has 0 saturated carbocycles. The van der Waals surface area contributed by atoms with Crippen molar-refractivity contribution in [3.05, 3.63) is 48.6 Å². The van der Waals surface area contributed by atoms with Crippen LogP contribution in [0.3, 0.4) is 0 Å². The molecule has 0 N–H and O–H groups in total. The molecule has 0 spiro atoms. The van der Waals surface area contributed by atoms with Crippen LogP contribution in [0.2, 0.25) is 23.6 Å². The molecule has 102 valence electrons. The first-order chi connectivity index (χ1) is 8.46. The van der Waals surface area contributed by atoms with Crippen LogP contribution in [0.4, 0.5) is 0 Å². The van der Waals surface area contributed by atoms with Crippen molar-refractivity contribution in [2.24, 2.45) is 0 Å². The summed E-state index contributed by atoms with van der Waals surface area (Å²) in [5, 5.41) is 0. The van der Waals surface area contributed by atoms with Gasteiger partial charge in [-0.05, 0) is 25.7 Å². The van der Waals surface area contributed by atoms with Crippen LogP contribution in [0.5, 0.6) is 0 Å². The zero-order valence-corrected chi connectivity index (χ0v) is 13.8. The molecule has 0 aromatic heterocycles. The van der Waals surface area contributed by atoms with Gasteiger partial charge in [-0.3, -0.25) is 0 Å². The topological polar surface area (TPSA) is 0 Å². The average molecular weight is 304 g/mol. The van der Waals surface area contributed by atoms with Crippen molar-refractivity contribution in [1.82, 2.24) is 0 Å². The molecule has 18 heavy (non-hydrogen) atoms. The zero-order chi connectivity index (χ0) is 13.5. The fraction of sp³-hybridized carbons (Fsp3) is 0.500. The van der Waals surface area contributed by atoms with Crippen LogP contribution >= 0.6 is 0 Å². The molecule has 0 nitrogen and oxygen atoms in total. The Morgan fingerprint density at radius 1 is 0.778 bits per heavy atom. The summed E-state index contributed by atoms with van der Waals surface area (Å²) in [7, 11) is -1.16. The van der Waals surface area contributed by atoms with E-state index in [2.05, 4.69) is 68.2 Å². The van der Waals surface area contributed by atoms with Gasteiger partial charge in [0.25, 0.3) is 0 Å². The van der Waals surface area contributed by atoms with E-state index in [1.54, 1.807) is 0 Å². The summed E-state index contributed by atoms with van der Waals surface area (Å²) in [4.78, 5) is 0. The zero-order valence-electron chi connectivity index (χ0n) is 11.8. The maximum absolute atomic E-state index is 4.70. The minimum atomic E-state index is -1.16. The third-order valence-corrected chi connectivity index (χ3v) is 8.48. The van der Waals surface area contributed by atoms with Crippen LogP contribution in [-0.4, -0.2) is 8.07 Å². The number of hydrogen-bond acceptors (Lipinski definition) is 0. The molecule has 2 heteroatoms. The van der Waals surface area contributed by atoms with Gasteiger partial charge in [0.2, 0.25) is 0 Å². The van der Waals surface area contributed by atoms with Crippen molar-refractivity contribution >= 4 is 8.07 Å². The van der Waals surface area contributed by atoms with Crippen molar-refractivity contribution in [2.45, 2.75) is 49.3 Å². The number of hydrogen-bond donors (Lipinski definition) is 0. The van der Waals surface area contributed by atoms with Gasteiger partial charge in [0.05, 0.1) is 0 Å². The fourth-order valence-corrected chi connectivity index (χ4v) is 3.19. The first kappa shape index (κ1) is 15.7. The van der Waals surface area contributed by atoms with Crippen molar-refractivity contribution in [2.75, 3.05) is 0 Å². The van der Waals surface area contributed by atoms with Crippen LogP contribution in [0.1, 0.15) is 25.7 Å². The summed E-state index contributed by atoms with van der Waals surface area (Å²) in [6.07, 6.45) is 22.6. The van der Waals surface area contributed by atoms with Gasteiger partial charge in [0.15, 0.2) is 0 Å². The molecule has 0 atom stereocenters. The van der Waals surface area contributed by atoms with E-state index < -0.39 is 8.07 Å². The van der Waals surface area contributed by atoms with Gasteiger partial charge in [-0.1, -0.05) is 24.3 Å². The molecule has 0 aromatic carbocycles. The summed E-state index contributed by atoms with van der Waals surface area (Å²) >= 11 is 4.70. The molecule has 2 rings (SSSR count). The molecule has 0 aliphatic heterocycles. The van der Waals surface area contributed by atoms with Crippen molar-refractivity contribution in [3.8, 4) is 0 Å². The van der Waals surface area contributed by atoms with E-state index >= 15 is 0 Å². The SMILES string of the molecule is C1=C\CC/C=C\CC/1.C[Si](C)(C)[C]1([Co])C=CC=C1. The summed E-state index contributed by atoms with van der Waals surface area (Å²) in [5.74, 6) is 0. The molecule has 2 aliphatic carbocycles. The molecule has 0 aromatic rings. The van der Waals surface area contributed by atoms with Gasteiger partial charge in [0.1, 0.15) is 0 Å². The Bertz CT molecular complexity index is 318. The predicted molar refractivity (Wildman–Crippen MR) is 81.1 cm³/mol. The Morgan fingerprint density at radius 2 is 1.11 bits per heavy atom. The van der Waals surface area contributed by atoms with E-state index in [9.17, 15) is 0 Å². The van der Waals surface area contributed by atoms with Crippen LogP contribution in [-0.2, 0) is 15.7 Å². The molecular weight excluding hydrogens is 279 g/mol. The number of allylic oxidation sites excluding steroid dienone is 8. The average Bonchev–Trinajstić information content (AvgIpc) is 2.65. The third kappa shape index (κ3) is 5.13. The second-order valence-electron chi connectivity index (χ2n) is 5.80. The molecule has 0 heterocycles. The first-order valence-electron chi connectivity index (χ1n) is 6.79. The van der Waals surface area contributed by atoms with Crippen LogP contribution in [0.25, 0.3) is 0 Å². The number of rotatable bonds is 1. The monoisotopic (exact) mass is 304 g/mol. The Hall–Kier alpha value is -0.317. The molecule has 0 radical (unpaired) electrons. The van der Waals surface area contributed by atoms with Crippen molar-refractivity contribution in [3.63, 3.8) is 0 Å².